The van der Waals surface area contributed by atoms with E-state index in [9.17, 15) is 9.59 Å². The first kappa shape index (κ1) is 21.4. The van der Waals surface area contributed by atoms with Gasteiger partial charge in [-0.2, -0.15) is 5.26 Å². The van der Waals surface area contributed by atoms with Crippen LogP contribution in [0.1, 0.15) is 12.5 Å². The number of esters is 1. The highest BCUT2D eigenvalue weighted by Crippen LogP contribution is 2.22. The number of amides is 1. The Morgan fingerprint density at radius 1 is 0.903 bits per heavy atom. The van der Waals surface area contributed by atoms with E-state index in [0.29, 0.717) is 28.5 Å². The normalized spacial score (nSPS) is 11.0. The van der Waals surface area contributed by atoms with Crippen LogP contribution in [0.2, 0.25) is 0 Å². The van der Waals surface area contributed by atoms with Crippen LogP contribution >= 0.6 is 0 Å². The number of carbonyl (C=O) groups is 2. The molecule has 3 aromatic carbocycles. The molecule has 0 aliphatic heterocycles. The second-order valence-corrected chi connectivity index (χ2v) is 6.49. The maximum atomic E-state index is 12.3. The van der Waals surface area contributed by atoms with Crippen molar-refractivity contribution in [3.05, 3.63) is 84.4 Å². The first-order valence-corrected chi connectivity index (χ1v) is 9.50. The maximum absolute atomic E-state index is 12.3. The number of hydrogen-bond donors (Lipinski definition) is 1. The van der Waals surface area contributed by atoms with Crippen LogP contribution in [0.5, 0.6) is 17.2 Å². The molecule has 7 heteroatoms. The van der Waals surface area contributed by atoms with Gasteiger partial charge in [-0.05, 0) is 67.6 Å². The molecule has 0 saturated heterocycles. The Hall–Kier alpha value is -4.31. The largest absolute Gasteiger partial charge is 0.482 e. The second kappa shape index (κ2) is 10.5. The summed E-state index contributed by atoms with van der Waals surface area (Å²) < 4.78 is 16.1. The van der Waals surface area contributed by atoms with Crippen LogP contribution in [-0.2, 0) is 14.3 Å². The fraction of sp³-hybridized carbons (Fsp3) is 0.125. The van der Waals surface area contributed by atoms with Crippen LogP contribution < -0.4 is 14.8 Å². The number of nitrogens with zero attached hydrogens (tertiary/aromatic N) is 1. The average Bonchev–Trinajstić information content (AvgIpc) is 2.80. The maximum Gasteiger partial charge on any atom is 0.344 e. The molecule has 0 spiro atoms. The Morgan fingerprint density at radius 2 is 1.52 bits per heavy atom. The number of carbonyl (C=O) groups excluding carboxylic acids is 2. The van der Waals surface area contributed by atoms with Gasteiger partial charge in [0.15, 0.2) is 12.7 Å². The summed E-state index contributed by atoms with van der Waals surface area (Å²) in [6.45, 7) is 1.12. The van der Waals surface area contributed by atoms with Gasteiger partial charge in [0, 0.05) is 5.69 Å². The van der Waals surface area contributed by atoms with Crippen molar-refractivity contribution in [1.29, 1.82) is 5.26 Å². The quantitative estimate of drug-likeness (QED) is 0.550. The molecule has 0 saturated carbocycles. The second-order valence-electron chi connectivity index (χ2n) is 6.49. The molecule has 1 amide bonds. The van der Waals surface area contributed by atoms with E-state index in [4.69, 9.17) is 19.5 Å². The monoisotopic (exact) mass is 416 g/mol. The lowest BCUT2D eigenvalue weighted by molar-refractivity contribution is -0.155. The zero-order valence-corrected chi connectivity index (χ0v) is 16.8. The van der Waals surface area contributed by atoms with E-state index in [2.05, 4.69) is 5.32 Å². The molecule has 7 nitrogen and oxygen atoms in total. The van der Waals surface area contributed by atoms with Crippen molar-refractivity contribution < 1.29 is 23.8 Å². The minimum absolute atomic E-state index is 0.352. The Morgan fingerprint density at radius 3 is 2.16 bits per heavy atom. The lowest BCUT2D eigenvalue weighted by atomic mass is 10.2. The Balaban J connectivity index is 1.44. The van der Waals surface area contributed by atoms with E-state index < -0.39 is 18.0 Å². The standard InChI is InChI=1S/C24H20N2O5/c1-17(30-23(27)16-29-20-11-7-18(15-25)8-12-20)24(28)26-19-9-13-22(14-10-19)31-21-5-3-2-4-6-21/h2-14,17H,16H2,1H3,(H,26,28)/t17-/m1/s1. The number of hydrogen-bond acceptors (Lipinski definition) is 6. The summed E-state index contributed by atoms with van der Waals surface area (Å²) in [4.78, 5) is 24.2. The predicted octanol–water partition coefficient (Wildman–Crippen LogP) is 4.30. The molecule has 0 aromatic heterocycles. The summed E-state index contributed by atoms with van der Waals surface area (Å²) in [6, 6.07) is 24.5. The summed E-state index contributed by atoms with van der Waals surface area (Å²) >= 11 is 0. The highest BCUT2D eigenvalue weighted by molar-refractivity contribution is 5.95. The molecule has 1 atom stereocenters. The van der Waals surface area contributed by atoms with Gasteiger partial charge in [0.2, 0.25) is 0 Å². The van der Waals surface area contributed by atoms with Crippen LogP contribution in [0, 0.1) is 11.3 Å². The fourth-order valence-electron chi connectivity index (χ4n) is 2.53. The smallest absolute Gasteiger partial charge is 0.344 e. The molecule has 0 fully saturated rings. The summed E-state index contributed by atoms with van der Waals surface area (Å²) in [7, 11) is 0. The minimum Gasteiger partial charge on any atom is -0.482 e. The third-order valence-corrected chi connectivity index (χ3v) is 4.12. The molecule has 0 unspecified atom stereocenters. The van der Waals surface area contributed by atoms with E-state index >= 15 is 0 Å². The summed E-state index contributed by atoms with van der Waals surface area (Å²) in [6.07, 6.45) is -1.00. The molecule has 0 bridgehead atoms. The minimum atomic E-state index is -1.00. The summed E-state index contributed by atoms with van der Waals surface area (Å²) in [5.74, 6) is 0.611. The average molecular weight is 416 g/mol. The Bertz CT molecular complexity index is 1060. The van der Waals surface area contributed by atoms with Crippen molar-refractivity contribution in [1.82, 2.24) is 0 Å². The van der Waals surface area contributed by atoms with Crippen LogP contribution in [0.4, 0.5) is 5.69 Å². The van der Waals surface area contributed by atoms with Gasteiger partial charge >= 0.3 is 5.97 Å². The van der Waals surface area contributed by atoms with E-state index in [1.807, 2.05) is 36.4 Å². The van der Waals surface area contributed by atoms with E-state index in [1.165, 1.54) is 6.92 Å². The number of nitriles is 1. The Kier molecular flexibility index (Phi) is 7.22. The summed E-state index contributed by atoms with van der Waals surface area (Å²) in [5.41, 5.74) is 1.03. The lowest BCUT2D eigenvalue weighted by Crippen LogP contribution is -2.31. The topological polar surface area (TPSA) is 97.7 Å². The first-order chi connectivity index (χ1) is 15.0. The first-order valence-electron chi connectivity index (χ1n) is 9.50. The fourth-order valence-corrected chi connectivity index (χ4v) is 2.53. The van der Waals surface area contributed by atoms with Gasteiger partial charge < -0.3 is 19.5 Å². The molecular weight excluding hydrogens is 396 g/mol. The van der Waals surface area contributed by atoms with E-state index in [0.717, 1.165) is 0 Å². The van der Waals surface area contributed by atoms with Crippen molar-refractivity contribution in [2.75, 3.05) is 11.9 Å². The molecule has 0 heterocycles. The number of rotatable bonds is 8. The molecule has 3 rings (SSSR count). The highest BCUT2D eigenvalue weighted by Gasteiger charge is 2.18. The van der Waals surface area contributed by atoms with Crippen LogP contribution in [0.3, 0.4) is 0 Å². The van der Waals surface area contributed by atoms with Crippen molar-refractivity contribution in [2.45, 2.75) is 13.0 Å². The number of ether oxygens (including phenoxy) is 3. The van der Waals surface area contributed by atoms with Crippen molar-refractivity contribution in [3.63, 3.8) is 0 Å². The summed E-state index contributed by atoms with van der Waals surface area (Å²) in [5, 5.41) is 11.4. The lowest BCUT2D eigenvalue weighted by Gasteiger charge is -2.14. The predicted molar refractivity (Wildman–Crippen MR) is 114 cm³/mol. The molecule has 156 valence electrons. The van der Waals surface area contributed by atoms with Gasteiger partial charge in [0.25, 0.3) is 5.91 Å². The molecule has 0 radical (unpaired) electrons. The molecule has 0 aliphatic carbocycles. The molecule has 0 aliphatic rings. The number of benzene rings is 3. The van der Waals surface area contributed by atoms with Crippen LogP contribution in [-0.4, -0.2) is 24.6 Å². The zero-order chi connectivity index (χ0) is 22.1. The van der Waals surface area contributed by atoms with Crippen molar-refractivity contribution in [2.24, 2.45) is 0 Å². The van der Waals surface area contributed by atoms with Crippen LogP contribution in [0.15, 0.2) is 78.9 Å². The number of anilines is 1. The number of para-hydroxylation sites is 1. The van der Waals surface area contributed by atoms with Gasteiger partial charge in [-0.15, -0.1) is 0 Å². The van der Waals surface area contributed by atoms with Gasteiger partial charge in [-0.25, -0.2) is 4.79 Å². The number of nitrogens with one attached hydrogen (secondary N) is 1. The van der Waals surface area contributed by atoms with Crippen molar-refractivity contribution >= 4 is 17.6 Å². The highest BCUT2D eigenvalue weighted by atomic mass is 16.6. The van der Waals surface area contributed by atoms with Crippen LogP contribution in [0.25, 0.3) is 0 Å². The van der Waals surface area contributed by atoms with E-state index in [1.54, 1.807) is 48.5 Å². The molecule has 3 aromatic rings. The molecule has 31 heavy (non-hydrogen) atoms. The van der Waals surface area contributed by atoms with E-state index in [-0.39, 0.29) is 6.61 Å². The third kappa shape index (κ3) is 6.61. The van der Waals surface area contributed by atoms with Crippen molar-refractivity contribution in [3.8, 4) is 23.3 Å². The Labute approximate surface area is 179 Å². The molecule has 1 N–H and O–H groups in total. The molecular formula is C24H20N2O5. The van der Waals surface area contributed by atoms with Gasteiger partial charge in [0.05, 0.1) is 11.6 Å². The third-order valence-electron chi connectivity index (χ3n) is 4.12. The van der Waals surface area contributed by atoms with Gasteiger partial charge in [-0.3, -0.25) is 4.79 Å². The SMILES string of the molecule is C[C@@H](OC(=O)COc1ccc(C#N)cc1)C(=O)Nc1ccc(Oc2ccccc2)cc1. The van der Waals surface area contributed by atoms with Gasteiger partial charge in [0.1, 0.15) is 17.2 Å². The zero-order valence-electron chi connectivity index (χ0n) is 16.8. The van der Waals surface area contributed by atoms with Gasteiger partial charge in [-0.1, -0.05) is 18.2 Å².